The van der Waals surface area contributed by atoms with E-state index in [0.717, 1.165) is 16.7 Å². The average molecular weight is 477 g/mol. The summed E-state index contributed by atoms with van der Waals surface area (Å²) >= 11 is 6.15. The molecule has 0 aromatic heterocycles. The smallest absolute Gasteiger partial charge is 0.254 e. The van der Waals surface area contributed by atoms with E-state index in [0.29, 0.717) is 29.5 Å². The highest BCUT2D eigenvalue weighted by Crippen LogP contribution is 2.62. The molecule has 176 valence electrons. The minimum Gasteiger partial charge on any atom is -0.493 e. The van der Waals surface area contributed by atoms with Gasteiger partial charge in [-0.15, -0.1) is 0 Å². The topological polar surface area (TPSA) is 73.6 Å². The molecule has 2 aromatic rings. The molecule has 1 aliphatic carbocycles. The number of carbonyl (C=O) groups excluding carboxylic acids is 1. The number of hydrogen-bond donors (Lipinski definition) is 1. The third kappa shape index (κ3) is 4.05. The predicted octanol–water partition coefficient (Wildman–Crippen LogP) is 5.03. The number of carbonyl (C=O) groups is 1. The SMILES string of the molecule is CC(O)C#Cc1ccc2c(c1)CN(C1C(C)(C)C(COc3ccc(C#N)c(Cl)c3)C1(C)C)C2=O. The number of ether oxygens (including phenoxy) is 1. The Bertz CT molecular complexity index is 1230. The minimum absolute atomic E-state index is 0.0463. The van der Waals surface area contributed by atoms with Crippen LogP contribution in [0.2, 0.25) is 5.02 Å². The van der Waals surface area contributed by atoms with Crippen molar-refractivity contribution in [3.05, 3.63) is 63.7 Å². The second-order valence-electron chi connectivity index (χ2n) is 10.4. The fourth-order valence-corrected chi connectivity index (χ4v) is 6.32. The standard InChI is InChI=1S/C28H29ClN2O3/c1-17(32)6-7-18-8-11-22-20(12-18)15-31(25(22)33)26-27(2,3)24(28(26,4)5)16-34-21-10-9-19(14-30)23(29)13-21/h8-13,17,24,26,32H,15-16H2,1-5H3. The quantitative estimate of drug-likeness (QED) is 0.628. The van der Waals surface area contributed by atoms with Crippen molar-refractivity contribution in [1.82, 2.24) is 4.90 Å². The molecule has 4 rings (SSSR count). The average Bonchev–Trinajstić information content (AvgIpc) is 3.06. The van der Waals surface area contributed by atoms with Crippen molar-refractivity contribution in [3.63, 3.8) is 0 Å². The second kappa shape index (κ2) is 8.66. The maximum atomic E-state index is 13.3. The lowest BCUT2D eigenvalue weighted by atomic mass is 9.44. The first-order chi connectivity index (χ1) is 16.0. The molecule has 1 unspecified atom stereocenters. The first kappa shape index (κ1) is 24.1. The van der Waals surface area contributed by atoms with Crippen LogP contribution < -0.4 is 4.74 Å². The Hall–Kier alpha value is -2.99. The number of hydrogen-bond acceptors (Lipinski definition) is 4. The van der Waals surface area contributed by atoms with Crippen LogP contribution in [0.5, 0.6) is 5.75 Å². The molecule has 1 amide bonds. The maximum absolute atomic E-state index is 13.3. The zero-order valence-electron chi connectivity index (χ0n) is 20.1. The minimum atomic E-state index is -0.692. The summed E-state index contributed by atoms with van der Waals surface area (Å²) < 4.78 is 6.09. The molecule has 0 spiro atoms. The zero-order valence-corrected chi connectivity index (χ0v) is 20.9. The monoisotopic (exact) mass is 476 g/mol. The Kier molecular flexibility index (Phi) is 6.15. The van der Waals surface area contributed by atoms with E-state index in [2.05, 4.69) is 45.6 Å². The number of rotatable bonds is 4. The summed E-state index contributed by atoms with van der Waals surface area (Å²) in [5.74, 6) is 6.62. The largest absolute Gasteiger partial charge is 0.493 e. The first-order valence-electron chi connectivity index (χ1n) is 11.4. The number of nitriles is 1. The second-order valence-corrected chi connectivity index (χ2v) is 10.8. The molecule has 2 aromatic carbocycles. The van der Waals surface area contributed by atoms with Crippen molar-refractivity contribution in [2.75, 3.05) is 6.61 Å². The van der Waals surface area contributed by atoms with Gasteiger partial charge < -0.3 is 14.7 Å². The number of aliphatic hydroxyl groups excluding tert-OH is 1. The summed E-state index contributed by atoms with van der Waals surface area (Å²) in [6.07, 6.45) is -0.692. The Balaban J connectivity index is 1.51. The summed E-state index contributed by atoms with van der Waals surface area (Å²) in [5, 5.41) is 18.9. The van der Waals surface area contributed by atoms with Crippen LogP contribution in [0.1, 0.15) is 61.7 Å². The molecule has 1 saturated carbocycles. The Morgan fingerprint density at radius 3 is 2.53 bits per heavy atom. The Labute approximate surface area is 206 Å². The summed E-state index contributed by atoms with van der Waals surface area (Å²) in [7, 11) is 0. The van der Waals surface area contributed by atoms with Crippen molar-refractivity contribution in [2.24, 2.45) is 16.7 Å². The molecule has 1 aliphatic heterocycles. The molecule has 2 aliphatic rings. The highest BCUT2D eigenvalue weighted by atomic mass is 35.5. The van der Waals surface area contributed by atoms with Crippen LogP contribution in [0.3, 0.4) is 0 Å². The van der Waals surface area contributed by atoms with Gasteiger partial charge in [0.2, 0.25) is 0 Å². The number of aliphatic hydroxyl groups is 1. The first-order valence-corrected chi connectivity index (χ1v) is 11.8. The van der Waals surface area contributed by atoms with E-state index < -0.39 is 6.10 Å². The molecule has 1 fully saturated rings. The van der Waals surface area contributed by atoms with Crippen molar-refractivity contribution in [3.8, 4) is 23.7 Å². The van der Waals surface area contributed by atoms with Gasteiger partial charge in [-0.05, 0) is 53.6 Å². The van der Waals surface area contributed by atoms with E-state index in [1.807, 2.05) is 23.1 Å². The third-order valence-corrected chi connectivity index (χ3v) is 7.67. The van der Waals surface area contributed by atoms with Crippen molar-refractivity contribution < 1.29 is 14.6 Å². The molecule has 0 radical (unpaired) electrons. The van der Waals surface area contributed by atoms with Crippen LogP contribution in [0, 0.1) is 39.9 Å². The van der Waals surface area contributed by atoms with Gasteiger partial charge in [-0.3, -0.25) is 4.79 Å². The number of halogens is 1. The van der Waals surface area contributed by atoms with Crippen LogP contribution in [-0.2, 0) is 6.54 Å². The molecule has 1 heterocycles. The lowest BCUT2D eigenvalue weighted by Gasteiger charge is -2.66. The summed E-state index contributed by atoms with van der Waals surface area (Å²) in [4.78, 5) is 15.3. The zero-order chi connectivity index (χ0) is 24.8. The molecular formula is C28H29ClN2O3. The highest BCUT2D eigenvalue weighted by Gasteiger charge is 2.65. The van der Waals surface area contributed by atoms with E-state index in [-0.39, 0.29) is 28.7 Å². The third-order valence-electron chi connectivity index (χ3n) is 7.36. The van der Waals surface area contributed by atoms with Gasteiger partial charge in [0.05, 0.1) is 17.2 Å². The van der Waals surface area contributed by atoms with Crippen LogP contribution in [0.25, 0.3) is 0 Å². The summed E-state index contributed by atoms with van der Waals surface area (Å²) in [5.41, 5.74) is 2.60. The number of amides is 1. The van der Waals surface area contributed by atoms with Gasteiger partial charge in [0.1, 0.15) is 17.9 Å². The molecular weight excluding hydrogens is 448 g/mol. The van der Waals surface area contributed by atoms with Crippen molar-refractivity contribution >= 4 is 17.5 Å². The summed E-state index contributed by atoms with van der Waals surface area (Å²) in [6, 6.07) is 12.8. The fraction of sp³-hybridized carbons (Fsp3) is 0.429. The Morgan fingerprint density at radius 2 is 1.91 bits per heavy atom. The predicted molar refractivity (Wildman–Crippen MR) is 131 cm³/mol. The van der Waals surface area contributed by atoms with Gasteiger partial charge in [0, 0.05) is 35.7 Å². The number of fused-ring (bicyclic) bond motifs is 1. The van der Waals surface area contributed by atoms with Gasteiger partial charge in [0.15, 0.2) is 0 Å². The molecule has 34 heavy (non-hydrogen) atoms. The lowest BCUT2D eigenvalue weighted by molar-refractivity contribution is -0.179. The van der Waals surface area contributed by atoms with Gasteiger partial charge in [-0.1, -0.05) is 51.1 Å². The number of benzene rings is 2. The van der Waals surface area contributed by atoms with Crippen LogP contribution in [0.15, 0.2) is 36.4 Å². The molecule has 1 N–H and O–H groups in total. The van der Waals surface area contributed by atoms with E-state index in [9.17, 15) is 9.90 Å². The van der Waals surface area contributed by atoms with Gasteiger partial charge in [-0.25, -0.2) is 0 Å². The van der Waals surface area contributed by atoms with E-state index in [1.54, 1.807) is 25.1 Å². The van der Waals surface area contributed by atoms with E-state index in [1.165, 1.54) is 0 Å². The lowest BCUT2D eigenvalue weighted by Crippen LogP contribution is -2.71. The molecule has 0 bridgehead atoms. The molecule has 5 nitrogen and oxygen atoms in total. The number of nitrogens with zero attached hydrogens (tertiary/aromatic N) is 2. The maximum Gasteiger partial charge on any atom is 0.254 e. The van der Waals surface area contributed by atoms with Crippen molar-refractivity contribution in [2.45, 2.75) is 53.3 Å². The van der Waals surface area contributed by atoms with Crippen molar-refractivity contribution in [1.29, 1.82) is 5.26 Å². The van der Waals surface area contributed by atoms with Gasteiger partial charge in [-0.2, -0.15) is 5.26 Å². The normalized spacial score (nSPS) is 22.6. The van der Waals surface area contributed by atoms with E-state index in [4.69, 9.17) is 21.6 Å². The summed E-state index contributed by atoms with van der Waals surface area (Å²) in [6.45, 7) is 11.4. The molecule has 0 saturated heterocycles. The van der Waals surface area contributed by atoms with E-state index >= 15 is 0 Å². The van der Waals surface area contributed by atoms with Crippen LogP contribution >= 0.6 is 11.6 Å². The molecule has 1 atom stereocenters. The Morgan fingerprint density at radius 1 is 1.21 bits per heavy atom. The molecule has 6 heteroatoms. The van der Waals surface area contributed by atoms with Crippen LogP contribution in [-0.4, -0.2) is 34.7 Å². The van der Waals surface area contributed by atoms with Crippen LogP contribution in [0.4, 0.5) is 0 Å². The fourth-order valence-electron chi connectivity index (χ4n) is 6.11. The van der Waals surface area contributed by atoms with Gasteiger partial charge in [0.25, 0.3) is 5.91 Å². The van der Waals surface area contributed by atoms with Gasteiger partial charge >= 0.3 is 0 Å². The highest BCUT2D eigenvalue weighted by molar-refractivity contribution is 6.31.